The average Bonchev–Trinajstić information content (AvgIpc) is 3.17. The lowest BCUT2D eigenvalue weighted by atomic mass is 9.91. The Balaban J connectivity index is 2.25. The predicted octanol–water partition coefficient (Wildman–Crippen LogP) is 1.83. The molecule has 2 rings (SSSR count). The number of halogens is 1. The van der Waals surface area contributed by atoms with Crippen molar-refractivity contribution >= 4 is 12.4 Å². The number of rotatable bonds is 6. The van der Waals surface area contributed by atoms with Crippen molar-refractivity contribution in [1.82, 2.24) is 4.90 Å². The van der Waals surface area contributed by atoms with Crippen LogP contribution in [0.5, 0.6) is 0 Å². The van der Waals surface area contributed by atoms with E-state index in [4.69, 9.17) is 0 Å². The summed E-state index contributed by atoms with van der Waals surface area (Å²) in [5.41, 5.74) is -0.598. The van der Waals surface area contributed by atoms with Crippen LogP contribution in [-0.4, -0.2) is 34.0 Å². The van der Waals surface area contributed by atoms with Crippen molar-refractivity contribution in [3.8, 4) is 0 Å². The third-order valence-corrected chi connectivity index (χ3v) is 3.55. The number of carboxylic acid groups (broad SMARTS) is 1. The van der Waals surface area contributed by atoms with Crippen LogP contribution in [0.1, 0.15) is 25.3 Å². The first kappa shape index (κ1) is 13.5. The van der Waals surface area contributed by atoms with E-state index in [1.807, 2.05) is 0 Å². The summed E-state index contributed by atoms with van der Waals surface area (Å²) in [5.74, 6) is -1.41. The van der Waals surface area contributed by atoms with Crippen molar-refractivity contribution in [2.75, 3.05) is 0 Å². The maximum atomic E-state index is 12.9. The predicted molar refractivity (Wildman–Crippen MR) is 67.1 cm³/mol. The normalized spacial score (nSPS) is 17.6. The third kappa shape index (κ3) is 2.75. The molecule has 4 nitrogen and oxygen atoms in total. The fourth-order valence-electron chi connectivity index (χ4n) is 2.24. The minimum atomic E-state index is -1.29. The van der Waals surface area contributed by atoms with Crippen LogP contribution < -0.4 is 0 Å². The molecule has 0 radical (unpaired) electrons. The molecule has 0 aromatic heterocycles. The molecular formula is C14H16FNO3. The molecule has 0 spiro atoms. The second-order valence-corrected chi connectivity index (χ2v) is 5.13. The molecule has 1 aromatic rings. The molecule has 1 aliphatic carbocycles. The fraction of sp³-hybridized carbons (Fsp3) is 0.429. The van der Waals surface area contributed by atoms with Gasteiger partial charge in [0.1, 0.15) is 11.4 Å². The number of carbonyl (C=O) groups is 2. The number of benzene rings is 1. The highest BCUT2D eigenvalue weighted by Crippen LogP contribution is 2.33. The van der Waals surface area contributed by atoms with Crippen molar-refractivity contribution in [3.05, 3.63) is 35.6 Å². The Labute approximate surface area is 110 Å². The first-order valence-electron chi connectivity index (χ1n) is 6.19. The van der Waals surface area contributed by atoms with Gasteiger partial charge in [-0.3, -0.25) is 4.79 Å². The molecule has 1 fully saturated rings. The zero-order valence-electron chi connectivity index (χ0n) is 10.7. The Hall–Kier alpha value is -1.91. The van der Waals surface area contributed by atoms with Crippen LogP contribution in [0.3, 0.4) is 0 Å². The molecule has 5 heteroatoms. The van der Waals surface area contributed by atoms with Gasteiger partial charge in [-0.2, -0.15) is 0 Å². The number of hydrogen-bond acceptors (Lipinski definition) is 2. The Bertz CT molecular complexity index is 484. The first-order valence-corrected chi connectivity index (χ1v) is 6.19. The van der Waals surface area contributed by atoms with Crippen LogP contribution >= 0.6 is 0 Å². The largest absolute Gasteiger partial charge is 0.479 e. The van der Waals surface area contributed by atoms with Gasteiger partial charge in [0.25, 0.3) is 0 Å². The van der Waals surface area contributed by atoms with Crippen LogP contribution in [0.4, 0.5) is 4.39 Å². The van der Waals surface area contributed by atoms with Crippen molar-refractivity contribution in [2.45, 2.75) is 37.8 Å². The topological polar surface area (TPSA) is 57.6 Å². The molecule has 1 N–H and O–H groups in total. The molecule has 102 valence electrons. The number of aliphatic carboxylic acids is 1. The minimum absolute atomic E-state index is 0.0130. The van der Waals surface area contributed by atoms with Gasteiger partial charge in [0.05, 0.1) is 0 Å². The maximum Gasteiger partial charge on any atom is 0.329 e. The van der Waals surface area contributed by atoms with Gasteiger partial charge in [-0.05, 0) is 37.5 Å². The summed E-state index contributed by atoms with van der Waals surface area (Å²) in [5, 5.41) is 9.45. The monoisotopic (exact) mass is 265 g/mol. The lowest BCUT2D eigenvalue weighted by Gasteiger charge is -2.35. The van der Waals surface area contributed by atoms with Gasteiger partial charge in [-0.1, -0.05) is 12.1 Å². The van der Waals surface area contributed by atoms with Crippen molar-refractivity contribution < 1.29 is 19.1 Å². The van der Waals surface area contributed by atoms with Gasteiger partial charge >= 0.3 is 5.97 Å². The van der Waals surface area contributed by atoms with Crippen LogP contribution in [0, 0.1) is 5.82 Å². The highest BCUT2D eigenvalue weighted by molar-refractivity contribution is 5.81. The third-order valence-electron chi connectivity index (χ3n) is 3.55. The fourth-order valence-corrected chi connectivity index (χ4v) is 2.24. The molecule has 19 heavy (non-hydrogen) atoms. The molecule has 1 amide bonds. The molecule has 0 heterocycles. The van der Waals surface area contributed by atoms with Gasteiger partial charge in [-0.15, -0.1) is 0 Å². The van der Waals surface area contributed by atoms with E-state index >= 15 is 0 Å². The number of hydrogen-bond donors (Lipinski definition) is 1. The molecule has 0 saturated heterocycles. The molecular weight excluding hydrogens is 249 g/mol. The van der Waals surface area contributed by atoms with E-state index in [1.54, 1.807) is 12.1 Å². The van der Waals surface area contributed by atoms with E-state index in [9.17, 15) is 19.1 Å². The standard InChI is InChI=1S/C14H16FNO3/c1-14(13(18)19,16(9-17)12-6-7-12)8-10-2-4-11(15)5-3-10/h2-5,9,12H,6-8H2,1H3,(H,18,19). The Kier molecular flexibility index (Phi) is 3.55. The van der Waals surface area contributed by atoms with Crippen LogP contribution in [-0.2, 0) is 16.0 Å². The van der Waals surface area contributed by atoms with Gasteiger partial charge in [0.2, 0.25) is 6.41 Å². The summed E-state index contributed by atoms with van der Waals surface area (Å²) < 4.78 is 12.9. The molecule has 1 aromatic carbocycles. The van der Waals surface area contributed by atoms with E-state index in [1.165, 1.54) is 24.0 Å². The smallest absolute Gasteiger partial charge is 0.329 e. The highest BCUT2D eigenvalue weighted by Gasteiger charge is 2.45. The highest BCUT2D eigenvalue weighted by atomic mass is 19.1. The van der Waals surface area contributed by atoms with Gasteiger partial charge in [-0.25, -0.2) is 9.18 Å². The van der Waals surface area contributed by atoms with Crippen LogP contribution in [0.2, 0.25) is 0 Å². The zero-order chi connectivity index (χ0) is 14.0. The Morgan fingerprint density at radius 3 is 2.47 bits per heavy atom. The van der Waals surface area contributed by atoms with E-state index in [2.05, 4.69) is 0 Å². The average molecular weight is 265 g/mol. The van der Waals surface area contributed by atoms with Gasteiger partial charge in [0.15, 0.2) is 0 Å². The van der Waals surface area contributed by atoms with E-state index in [0.29, 0.717) is 12.0 Å². The van der Waals surface area contributed by atoms with E-state index in [-0.39, 0.29) is 18.3 Å². The Morgan fingerprint density at radius 1 is 1.47 bits per heavy atom. The zero-order valence-corrected chi connectivity index (χ0v) is 10.7. The van der Waals surface area contributed by atoms with Crippen molar-refractivity contribution in [3.63, 3.8) is 0 Å². The van der Waals surface area contributed by atoms with E-state index in [0.717, 1.165) is 12.8 Å². The number of carbonyl (C=O) groups excluding carboxylic acids is 1. The summed E-state index contributed by atoms with van der Waals surface area (Å²) in [4.78, 5) is 24.1. The molecule has 1 unspecified atom stereocenters. The van der Waals surface area contributed by atoms with Crippen LogP contribution in [0.25, 0.3) is 0 Å². The summed E-state index contributed by atoms with van der Waals surface area (Å²) in [7, 11) is 0. The number of amides is 1. The first-order chi connectivity index (χ1) is 8.97. The second kappa shape index (κ2) is 4.99. The van der Waals surface area contributed by atoms with Gasteiger partial charge in [0, 0.05) is 12.5 Å². The molecule has 1 saturated carbocycles. The van der Waals surface area contributed by atoms with Gasteiger partial charge < -0.3 is 10.0 Å². The molecule has 0 bridgehead atoms. The number of carboxylic acids is 1. The van der Waals surface area contributed by atoms with Crippen LogP contribution in [0.15, 0.2) is 24.3 Å². The van der Waals surface area contributed by atoms with Crippen molar-refractivity contribution in [1.29, 1.82) is 0 Å². The quantitative estimate of drug-likeness (QED) is 0.798. The molecule has 0 aliphatic heterocycles. The lowest BCUT2D eigenvalue weighted by molar-refractivity contribution is -0.154. The second-order valence-electron chi connectivity index (χ2n) is 5.13. The SMILES string of the molecule is CC(Cc1ccc(F)cc1)(C(=O)O)N(C=O)C1CC1. The summed E-state index contributed by atoms with van der Waals surface area (Å²) >= 11 is 0. The van der Waals surface area contributed by atoms with Crippen molar-refractivity contribution in [2.24, 2.45) is 0 Å². The van der Waals surface area contributed by atoms with E-state index < -0.39 is 11.5 Å². The lowest BCUT2D eigenvalue weighted by Crippen LogP contribution is -2.54. The maximum absolute atomic E-state index is 12.9. The summed E-state index contributed by atoms with van der Waals surface area (Å²) in [6, 6.07) is 5.69. The summed E-state index contributed by atoms with van der Waals surface area (Å²) in [6.07, 6.45) is 2.45. The summed E-state index contributed by atoms with van der Waals surface area (Å²) in [6.45, 7) is 1.53. The Morgan fingerprint density at radius 2 is 2.05 bits per heavy atom. The molecule has 1 aliphatic rings. The number of nitrogens with zero attached hydrogens (tertiary/aromatic N) is 1. The molecule has 1 atom stereocenters. The minimum Gasteiger partial charge on any atom is -0.479 e.